The fourth-order valence-corrected chi connectivity index (χ4v) is 3.21. The van der Waals surface area contributed by atoms with E-state index in [0.717, 1.165) is 26.2 Å². The van der Waals surface area contributed by atoms with E-state index in [2.05, 4.69) is 25.7 Å². The molecule has 0 aromatic carbocycles. The number of urea groups is 1. The van der Waals surface area contributed by atoms with Crippen LogP contribution in [0.4, 0.5) is 4.79 Å². The van der Waals surface area contributed by atoms with Crippen molar-refractivity contribution in [3.63, 3.8) is 0 Å². The molecule has 2 aliphatic heterocycles. The fourth-order valence-electron chi connectivity index (χ4n) is 3.21. The molecule has 2 fully saturated rings. The molecule has 2 unspecified atom stereocenters. The Morgan fingerprint density at radius 2 is 1.57 bits per heavy atom. The molecular formula is C15H27N3O3. The summed E-state index contributed by atoms with van der Waals surface area (Å²) < 4.78 is 0. The Labute approximate surface area is 126 Å². The van der Waals surface area contributed by atoms with Gasteiger partial charge in [-0.15, -0.1) is 0 Å². The molecule has 2 aliphatic rings. The van der Waals surface area contributed by atoms with Crippen LogP contribution in [0.25, 0.3) is 0 Å². The molecule has 6 nitrogen and oxygen atoms in total. The van der Waals surface area contributed by atoms with Gasteiger partial charge in [0.25, 0.3) is 0 Å². The quantitative estimate of drug-likeness (QED) is 0.789. The number of carboxylic acids is 1. The van der Waals surface area contributed by atoms with Crippen molar-refractivity contribution >= 4 is 12.0 Å². The molecule has 120 valence electrons. The molecule has 0 radical (unpaired) electrons. The number of piperazine rings is 1. The first kappa shape index (κ1) is 16.1. The molecule has 2 saturated heterocycles. The predicted octanol–water partition coefficient (Wildman–Crippen LogP) is 1.18. The molecule has 0 saturated carbocycles. The van der Waals surface area contributed by atoms with Gasteiger partial charge >= 0.3 is 12.0 Å². The zero-order valence-corrected chi connectivity index (χ0v) is 13.5. The maximum absolute atomic E-state index is 12.5. The number of hydrogen-bond donors (Lipinski definition) is 1. The van der Waals surface area contributed by atoms with Gasteiger partial charge in [-0.05, 0) is 26.7 Å². The fraction of sp³-hybridized carbons (Fsp3) is 0.867. The highest BCUT2D eigenvalue weighted by Crippen LogP contribution is 2.25. The minimum atomic E-state index is -0.796. The lowest BCUT2D eigenvalue weighted by Crippen LogP contribution is -2.56. The lowest BCUT2D eigenvalue weighted by molar-refractivity contribution is -0.142. The van der Waals surface area contributed by atoms with Crippen molar-refractivity contribution in [3.8, 4) is 0 Å². The van der Waals surface area contributed by atoms with Crippen molar-refractivity contribution in [3.05, 3.63) is 0 Å². The Hall–Kier alpha value is -1.30. The van der Waals surface area contributed by atoms with Crippen LogP contribution in [0.2, 0.25) is 0 Å². The van der Waals surface area contributed by atoms with Gasteiger partial charge in [0.15, 0.2) is 0 Å². The van der Waals surface area contributed by atoms with Gasteiger partial charge in [-0.3, -0.25) is 9.69 Å². The summed E-state index contributed by atoms with van der Waals surface area (Å²) in [4.78, 5) is 29.6. The van der Waals surface area contributed by atoms with Crippen LogP contribution in [0.5, 0.6) is 0 Å². The summed E-state index contributed by atoms with van der Waals surface area (Å²) in [6.07, 6.45) is 0. The van der Waals surface area contributed by atoms with Crippen molar-refractivity contribution in [1.29, 1.82) is 0 Å². The third-order valence-electron chi connectivity index (χ3n) is 4.70. The first-order chi connectivity index (χ1) is 9.70. The first-order valence-corrected chi connectivity index (χ1v) is 7.72. The third-order valence-corrected chi connectivity index (χ3v) is 4.70. The molecule has 0 aromatic heterocycles. The van der Waals surface area contributed by atoms with Gasteiger partial charge in [0.1, 0.15) is 0 Å². The Morgan fingerprint density at radius 1 is 1.00 bits per heavy atom. The summed E-state index contributed by atoms with van der Waals surface area (Å²) in [6, 6.07) is -0.000779. The standard InChI is InChI=1S/C15H27N3O3/c1-11-9-17(10-12(11)13(19)20)14(21)16-5-7-18(8-6-16)15(2,3)4/h11-12H,5-10H2,1-4H3,(H,19,20). The second kappa shape index (κ2) is 5.83. The average molecular weight is 297 g/mol. The molecule has 2 rings (SSSR count). The Bertz CT molecular complexity index is 411. The highest BCUT2D eigenvalue weighted by atomic mass is 16.4. The minimum Gasteiger partial charge on any atom is -0.481 e. The smallest absolute Gasteiger partial charge is 0.320 e. The summed E-state index contributed by atoms with van der Waals surface area (Å²) >= 11 is 0. The van der Waals surface area contributed by atoms with Crippen LogP contribution in [0, 0.1) is 11.8 Å². The van der Waals surface area contributed by atoms with E-state index in [1.54, 1.807) is 4.90 Å². The van der Waals surface area contributed by atoms with Crippen LogP contribution >= 0.6 is 0 Å². The van der Waals surface area contributed by atoms with Crippen LogP contribution in [0.1, 0.15) is 27.7 Å². The molecule has 0 spiro atoms. The summed E-state index contributed by atoms with van der Waals surface area (Å²) in [5.74, 6) is -1.19. The van der Waals surface area contributed by atoms with Gasteiger partial charge in [-0.25, -0.2) is 4.79 Å². The van der Waals surface area contributed by atoms with Crippen LogP contribution in [0.3, 0.4) is 0 Å². The zero-order chi connectivity index (χ0) is 15.8. The van der Waals surface area contributed by atoms with Crippen molar-refractivity contribution in [2.75, 3.05) is 39.3 Å². The maximum Gasteiger partial charge on any atom is 0.320 e. The van der Waals surface area contributed by atoms with Crippen molar-refractivity contribution < 1.29 is 14.7 Å². The number of carboxylic acid groups (broad SMARTS) is 1. The summed E-state index contributed by atoms with van der Waals surface area (Å²) in [5, 5.41) is 9.16. The van der Waals surface area contributed by atoms with Crippen LogP contribution in [0.15, 0.2) is 0 Å². The summed E-state index contributed by atoms with van der Waals surface area (Å²) in [5.41, 5.74) is 0.131. The van der Waals surface area contributed by atoms with Gasteiger partial charge in [-0.2, -0.15) is 0 Å². The van der Waals surface area contributed by atoms with Crippen LogP contribution in [-0.4, -0.2) is 76.6 Å². The average Bonchev–Trinajstić information content (AvgIpc) is 2.79. The molecule has 1 N–H and O–H groups in total. The van der Waals surface area contributed by atoms with Gasteiger partial charge in [0, 0.05) is 44.8 Å². The molecular weight excluding hydrogens is 270 g/mol. The number of nitrogens with zero attached hydrogens (tertiary/aromatic N) is 3. The molecule has 0 aliphatic carbocycles. The molecule has 2 atom stereocenters. The third kappa shape index (κ3) is 3.48. The predicted molar refractivity (Wildman–Crippen MR) is 80.2 cm³/mol. The lowest BCUT2D eigenvalue weighted by atomic mass is 9.99. The molecule has 6 heteroatoms. The van der Waals surface area contributed by atoms with E-state index in [0.29, 0.717) is 13.1 Å². The Morgan fingerprint density at radius 3 is 2.00 bits per heavy atom. The lowest BCUT2D eigenvalue weighted by Gasteiger charge is -2.43. The summed E-state index contributed by atoms with van der Waals surface area (Å²) in [7, 11) is 0. The van der Waals surface area contributed by atoms with Crippen molar-refractivity contribution in [2.45, 2.75) is 33.2 Å². The number of rotatable bonds is 1. The SMILES string of the molecule is CC1CN(C(=O)N2CCN(C(C)(C)C)CC2)CC1C(=O)O. The number of aliphatic carboxylic acids is 1. The van der Waals surface area contributed by atoms with Crippen molar-refractivity contribution in [1.82, 2.24) is 14.7 Å². The van der Waals surface area contributed by atoms with E-state index in [1.165, 1.54) is 0 Å². The summed E-state index contributed by atoms with van der Waals surface area (Å²) in [6.45, 7) is 12.5. The second-order valence-electron chi connectivity index (χ2n) is 7.25. The van der Waals surface area contributed by atoms with Crippen LogP contribution in [-0.2, 0) is 4.79 Å². The minimum absolute atomic E-state index is 0.000779. The van der Waals surface area contributed by atoms with Crippen molar-refractivity contribution in [2.24, 2.45) is 11.8 Å². The van der Waals surface area contributed by atoms with Gasteiger partial charge in [0.2, 0.25) is 0 Å². The molecule has 2 heterocycles. The number of likely N-dealkylation sites (tertiary alicyclic amines) is 1. The van der Waals surface area contributed by atoms with Gasteiger partial charge < -0.3 is 14.9 Å². The van der Waals surface area contributed by atoms with Crippen LogP contribution < -0.4 is 0 Å². The monoisotopic (exact) mass is 297 g/mol. The highest BCUT2D eigenvalue weighted by molar-refractivity contribution is 5.77. The topological polar surface area (TPSA) is 64.1 Å². The van der Waals surface area contributed by atoms with Gasteiger partial charge in [-0.1, -0.05) is 6.92 Å². The van der Waals surface area contributed by atoms with E-state index >= 15 is 0 Å². The molecule has 0 bridgehead atoms. The first-order valence-electron chi connectivity index (χ1n) is 7.72. The maximum atomic E-state index is 12.5. The molecule has 21 heavy (non-hydrogen) atoms. The zero-order valence-electron chi connectivity index (χ0n) is 13.5. The van der Waals surface area contributed by atoms with E-state index in [4.69, 9.17) is 5.11 Å². The number of hydrogen-bond acceptors (Lipinski definition) is 3. The van der Waals surface area contributed by atoms with E-state index in [-0.39, 0.29) is 17.5 Å². The van der Waals surface area contributed by atoms with E-state index in [9.17, 15) is 9.59 Å². The normalized spacial score (nSPS) is 28.0. The largest absolute Gasteiger partial charge is 0.481 e. The Balaban J connectivity index is 1.90. The van der Waals surface area contributed by atoms with Gasteiger partial charge in [0.05, 0.1) is 5.92 Å². The highest BCUT2D eigenvalue weighted by Gasteiger charge is 2.39. The number of carbonyl (C=O) groups is 2. The Kier molecular flexibility index (Phi) is 4.46. The second-order valence-corrected chi connectivity index (χ2v) is 7.25. The molecule has 2 amide bonds. The number of amides is 2. The van der Waals surface area contributed by atoms with E-state index < -0.39 is 11.9 Å². The van der Waals surface area contributed by atoms with E-state index in [1.807, 2.05) is 11.8 Å². The number of carbonyl (C=O) groups excluding carboxylic acids is 1. The molecule has 0 aromatic rings.